The van der Waals surface area contributed by atoms with Gasteiger partial charge in [-0.2, -0.15) is 0 Å². The van der Waals surface area contributed by atoms with Crippen molar-refractivity contribution in [3.8, 4) is 0 Å². The molecule has 1 aromatic rings. The summed E-state index contributed by atoms with van der Waals surface area (Å²) in [5, 5.41) is 3.09. The van der Waals surface area contributed by atoms with Crippen molar-refractivity contribution in [2.75, 3.05) is 37.6 Å². The highest BCUT2D eigenvalue weighted by atomic mass is 16.1. The molecule has 6 heteroatoms. The van der Waals surface area contributed by atoms with Crippen LogP contribution in [0, 0.1) is 12.8 Å². The zero-order chi connectivity index (χ0) is 17.8. The molecule has 1 aromatic heterocycles. The number of nitrogens with one attached hydrogen (secondary N) is 1. The molecule has 0 radical (unpaired) electrons. The fourth-order valence-electron chi connectivity index (χ4n) is 3.75. The summed E-state index contributed by atoms with van der Waals surface area (Å²) in [6.45, 7) is 11.4. The Morgan fingerprint density at radius 2 is 1.92 bits per heavy atom. The highest BCUT2D eigenvalue weighted by molar-refractivity contribution is 5.95. The molecule has 2 aliphatic rings. The third kappa shape index (κ3) is 4.48. The zero-order valence-corrected chi connectivity index (χ0v) is 15.8. The van der Waals surface area contributed by atoms with Gasteiger partial charge in [-0.1, -0.05) is 0 Å². The van der Waals surface area contributed by atoms with Gasteiger partial charge in [0, 0.05) is 31.9 Å². The molecule has 1 N–H and O–H groups in total. The minimum absolute atomic E-state index is 0.0447. The van der Waals surface area contributed by atoms with Crippen LogP contribution < -0.4 is 10.2 Å². The Kier molecular flexibility index (Phi) is 5.89. The van der Waals surface area contributed by atoms with Crippen molar-refractivity contribution in [2.24, 2.45) is 5.92 Å². The fraction of sp³-hybridized carbons (Fsp3) is 0.737. The monoisotopic (exact) mass is 345 g/mol. The zero-order valence-electron chi connectivity index (χ0n) is 15.8. The Bertz CT molecular complexity index is 589. The van der Waals surface area contributed by atoms with Gasteiger partial charge in [0.2, 0.25) is 5.95 Å². The molecular weight excluding hydrogens is 314 g/mol. The van der Waals surface area contributed by atoms with E-state index in [4.69, 9.17) is 0 Å². The summed E-state index contributed by atoms with van der Waals surface area (Å²) in [6, 6.07) is 0.615. The number of carbonyl (C=O) groups excluding carboxylic acids is 1. The lowest BCUT2D eigenvalue weighted by Gasteiger charge is -2.34. The molecular formula is C19H31N5O. The SMILES string of the molecule is Cc1nc(N2CCCC2)ncc1C(=O)NCC1CCN(C(C)C)CC1. The predicted molar refractivity (Wildman–Crippen MR) is 100.0 cm³/mol. The maximum atomic E-state index is 12.5. The molecule has 0 saturated carbocycles. The van der Waals surface area contributed by atoms with E-state index in [2.05, 4.69) is 38.9 Å². The average Bonchev–Trinajstić information content (AvgIpc) is 3.14. The molecule has 2 aliphatic heterocycles. The molecule has 6 nitrogen and oxygen atoms in total. The molecule has 0 spiro atoms. The van der Waals surface area contributed by atoms with Gasteiger partial charge >= 0.3 is 0 Å². The van der Waals surface area contributed by atoms with Crippen LogP contribution in [0.25, 0.3) is 0 Å². The van der Waals surface area contributed by atoms with Gasteiger partial charge in [0.25, 0.3) is 5.91 Å². The van der Waals surface area contributed by atoms with Gasteiger partial charge in [0.05, 0.1) is 11.3 Å². The standard InChI is InChI=1S/C19H31N5O/c1-14(2)23-10-6-16(7-11-23)12-20-18(25)17-13-21-19(22-15(17)3)24-8-4-5-9-24/h13-14,16H,4-12H2,1-3H3,(H,20,25). The lowest BCUT2D eigenvalue weighted by atomic mass is 9.96. The van der Waals surface area contributed by atoms with Crippen molar-refractivity contribution in [3.05, 3.63) is 17.5 Å². The van der Waals surface area contributed by atoms with Gasteiger partial charge < -0.3 is 15.1 Å². The molecule has 1 amide bonds. The summed E-state index contributed by atoms with van der Waals surface area (Å²) in [5.41, 5.74) is 1.37. The lowest BCUT2D eigenvalue weighted by Crippen LogP contribution is -2.41. The molecule has 25 heavy (non-hydrogen) atoms. The number of nitrogens with zero attached hydrogens (tertiary/aromatic N) is 4. The number of amides is 1. The van der Waals surface area contributed by atoms with Crippen LogP contribution in [0.5, 0.6) is 0 Å². The number of hydrogen-bond acceptors (Lipinski definition) is 5. The molecule has 0 atom stereocenters. The Hall–Kier alpha value is -1.69. The van der Waals surface area contributed by atoms with E-state index >= 15 is 0 Å². The first-order chi connectivity index (χ1) is 12.0. The van der Waals surface area contributed by atoms with Crippen molar-refractivity contribution in [1.82, 2.24) is 20.2 Å². The van der Waals surface area contributed by atoms with E-state index in [1.54, 1.807) is 6.20 Å². The van der Waals surface area contributed by atoms with Gasteiger partial charge in [-0.25, -0.2) is 9.97 Å². The quantitative estimate of drug-likeness (QED) is 0.887. The number of rotatable bonds is 5. The van der Waals surface area contributed by atoms with E-state index < -0.39 is 0 Å². The number of anilines is 1. The first kappa shape index (κ1) is 18.1. The Labute approximate surface area is 151 Å². The van der Waals surface area contributed by atoms with E-state index in [1.165, 1.54) is 12.8 Å². The van der Waals surface area contributed by atoms with Gasteiger partial charge in [0.1, 0.15) is 0 Å². The van der Waals surface area contributed by atoms with Crippen molar-refractivity contribution < 1.29 is 4.79 Å². The number of hydrogen-bond donors (Lipinski definition) is 1. The smallest absolute Gasteiger partial charge is 0.254 e. The number of aryl methyl sites for hydroxylation is 1. The summed E-state index contributed by atoms with van der Waals surface area (Å²) in [7, 11) is 0. The third-order valence-electron chi connectivity index (χ3n) is 5.53. The Balaban J connectivity index is 1.51. The van der Waals surface area contributed by atoms with Gasteiger partial charge in [-0.3, -0.25) is 4.79 Å². The van der Waals surface area contributed by atoms with Crippen molar-refractivity contribution >= 4 is 11.9 Å². The number of piperidine rings is 1. The maximum Gasteiger partial charge on any atom is 0.254 e. The molecule has 3 heterocycles. The van der Waals surface area contributed by atoms with Crippen LogP contribution in [0.2, 0.25) is 0 Å². The molecule has 2 fully saturated rings. The molecule has 0 aliphatic carbocycles. The van der Waals surface area contributed by atoms with Crippen LogP contribution in [0.1, 0.15) is 55.6 Å². The van der Waals surface area contributed by atoms with E-state index in [1.807, 2.05) is 6.92 Å². The number of likely N-dealkylation sites (tertiary alicyclic amines) is 1. The summed E-state index contributed by atoms with van der Waals surface area (Å²) in [6.07, 6.45) is 6.39. The van der Waals surface area contributed by atoms with E-state index in [9.17, 15) is 4.79 Å². The summed E-state index contributed by atoms with van der Waals surface area (Å²) < 4.78 is 0. The fourth-order valence-corrected chi connectivity index (χ4v) is 3.75. The first-order valence-electron chi connectivity index (χ1n) is 9.65. The van der Waals surface area contributed by atoms with Crippen molar-refractivity contribution in [3.63, 3.8) is 0 Å². The van der Waals surface area contributed by atoms with Crippen molar-refractivity contribution in [1.29, 1.82) is 0 Å². The van der Waals surface area contributed by atoms with Gasteiger partial charge in [-0.15, -0.1) is 0 Å². The van der Waals surface area contributed by atoms with Crippen LogP contribution >= 0.6 is 0 Å². The number of aromatic nitrogens is 2. The maximum absolute atomic E-state index is 12.5. The van der Waals surface area contributed by atoms with Crippen LogP contribution in [-0.2, 0) is 0 Å². The van der Waals surface area contributed by atoms with Crippen LogP contribution in [0.4, 0.5) is 5.95 Å². The van der Waals surface area contributed by atoms with Gasteiger partial charge in [0.15, 0.2) is 0 Å². The van der Waals surface area contributed by atoms with E-state index in [0.717, 1.165) is 57.2 Å². The first-order valence-corrected chi connectivity index (χ1v) is 9.65. The summed E-state index contributed by atoms with van der Waals surface area (Å²) in [4.78, 5) is 26.2. The summed E-state index contributed by atoms with van der Waals surface area (Å²) >= 11 is 0. The van der Waals surface area contributed by atoms with E-state index in [0.29, 0.717) is 17.5 Å². The largest absolute Gasteiger partial charge is 0.352 e. The lowest BCUT2D eigenvalue weighted by molar-refractivity contribution is 0.0928. The molecule has 3 rings (SSSR count). The molecule has 138 valence electrons. The molecule has 2 saturated heterocycles. The topological polar surface area (TPSA) is 61.4 Å². The Morgan fingerprint density at radius 1 is 1.24 bits per heavy atom. The normalized spacial score (nSPS) is 19.6. The van der Waals surface area contributed by atoms with E-state index in [-0.39, 0.29) is 5.91 Å². The minimum Gasteiger partial charge on any atom is -0.352 e. The molecule has 0 aromatic carbocycles. The van der Waals surface area contributed by atoms with Crippen LogP contribution in [0.15, 0.2) is 6.20 Å². The van der Waals surface area contributed by atoms with Gasteiger partial charge in [-0.05, 0) is 65.5 Å². The highest BCUT2D eigenvalue weighted by Crippen LogP contribution is 2.19. The summed E-state index contributed by atoms with van der Waals surface area (Å²) in [5.74, 6) is 1.29. The predicted octanol–water partition coefficient (Wildman–Crippen LogP) is 2.24. The van der Waals surface area contributed by atoms with Crippen LogP contribution in [0.3, 0.4) is 0 Å². The highest BCUT2D eigenvalue weighted by Gasteiger charge is 2.22. The second kappa shape index (κ2) is 8.13. The molecule has 0 bridgehead atoms. The van der Waals surface area contributed by atoms with Crippen LogP contribution in [-0.4, -0.2) is 59.5 Å². The third-order valence-corrected chi connectivity index (χ3v) is 5.53. The second-order valence-electron chi connectivity index (χ2n) is 7.65. The Morgan fingerprint density at radius 3 is 2.52 bits per heavy atom. The number of carbonyl (C=O) groups is 1. The van der Waals surface area contributed by atoms with Crippen molar-refractivity contribution in [2.45, 2.75) is 52.5 Å². The average molecular weight is 345 g/mol. The second-order valence-corrected chi connectivity index (χ2v) is 7.65. The molecule has 0 unspecified atom stereocenters. The minimum atomic E-state index is -0.0447.